The number of nitrogens with one attached hydrogen (secondary N) is 1. The van der Waals surface area contributed by atoms with E-state index in [1.165, 1.54) is 0 Å². The van der Waals surface area contributed by atoms with Crippen molar-refractivity contribution in [1.82, 2.24) is 5.32 Å². The van der Waals surface area contributed by atoms with Crippen molar-refractivity contribution in [2.75, 3.05) is 0 Å². The monoisotopic (exact) mass is 235 g/mol. The summed E-state index contributed by atoms with van der Waals surface area (Å²) in [5, 5.41) is 11.6. The van der Waals surface area contributed by atoms with Crippen LogP contribution in [0.25, 0.3) is 0 Å². The Morgan fingerprint density at radius 2 is 2.18 bits per heavy atom. The van der Waals surface area contributed by atoms with Gasteiger partial charge in [-0.1, -0.05) is 29.7 Å². The van der Waals surface area contributed by atoms with Crippen molar-refractivity contribution in [3.63, 3.8) is 0 Å². The molecule has 1 aromatic carbocycles. The second-order valence-electron chi connectivity index (χ2n) is 4.83. The molecule has 0 aliphatic rings. The molecule has 0 atom stereocenters. The molecule has 2 N–H and O–H groups in total. The third-order valence-corrected chi connectivity index (χ3v) is 2.01. The molecule has 5 heteroatoms. The number of carbonyl (C=O) groups is 1. The van der Waals surface area contributed by atoms with Gasteiger partial charge in [0.25, 0.3) is 0 Å². The minimum Gasteiger partial charge on any atom is -0.449 e. The van der Waals surface area contributed by atoms with E-state index in [1.807, 2.05) is 45.0 Å². The van der Waals surface area contributed by atoms with E-state index in [-0.39, 0.29) is 7.48 Å². The lowest BCUT2D eigenvalue weighted by molar-refractivity contribution is 0.0523. The van der Waals surface area contributed by atoms with Crippen LogP contribution in [0.15, 0.2) is 24.3 Å². The summed E-state index contributed by atoms with van der Waals surface area (Å²) < 4.78 is 5.12. The van der Waals surface area contributed by atoms with Crippen molar-refractivity contribution in [3.8, 4) is 0 Å². The SMILES string of the molecule is CC(C)(C)OC(=O)NCc1cccc(BO)c1. The molecule has 1 amide bonds. The standard InChI is InChI=1S/C12H18BNO3/c1-12(2,3)17-11(15)14-8-9-5-4-6-10(7-9)13-16/h4-7,13,16H,8H2,1-3H3,(H,14,15). The van der Waals surface area contributed by atoms with Crippen LogP contribution in [-0.4, -0.2) is 24.2 Å². The second-order valence-corrected chi connectivity index (χ2v) is 4.83. The van der Waals surface area contributed by atoms with Crippen molar-refractivity contribution >= 4 is 19.0 Å². The normalized spacial score (nSPS) is 10.8. The molecular formula is C12H18BNO3. The molecule has 17 heavy (non-hydrogen) atoms. The Balaban J connectivity index is 2.47. The fraction of sp³-hybridized carbons (Fsp3) is 0.417. The molecule has 0 spiro atoms. The Bertz CT molecular complexity index is 388. The maximum atomic E-state index is 11.4. The van der Waals surface area contributed by atoms with Gasteiger partial charge in [0.1, 0.15) is 5.60 Å². The number of rotatable bonds is 3. The van der Waals surface area contributed by atoms with Crippen molar-refractivity contribution in [3.05, 3.63) is 29.8 Å². The predicted molar refractivity (Wildman–Crippen MR) is 68.5 cm³/mol. The number of carbonyl (C=O) groups excluding carboxylic acids is 1. The molecule has 0 bridgehead atoms. The molecule has 1 aromatic rings. The third kappa shape index (κ3) is 5.40. The van der Waals surface area contributed by atoms with Crippen LogP contribution < -0.4 is 10.8 Å². The molecule has 4 nitrogen and oxygen atoms in total. The smallest absolute Gasteiger partial charge is 0.407 e. The summed E-state index contributed by atoms with van der Waals surface area (Å²) in [7, 11) is 0.000275. The summed E-state index contributed by atoms with van der Waals surface area (Å²) in [5.74, 6) is 0. The van der Waals surface area contributed by atoms with E-state index in [0.29, 0.717) is 6.54 Å². The summed E-state index contributed by atoms with van der Waals surface area (Å²) in [5.41, 5.74) is 1.27. The van der Waals surface area contributed by atoms with E-state index in [2.05, 4.69) is 5.32 Å². The molecule has 0 saturated heterocycles. The lowest BCUT2D eigenvalue weighted by Gasteiger charge is -2.19. The highest BCUT2D eigenvalue weighted by atomic mass is 16.6. The van der Waals surface area contributed by atoms with Crippen LogP contribution in [0.3, 0.4) is 0 Å². The van der Waals surface area contributed by atoms with Crippen molar-refractivity contribution in [2.45, 2.75) is 32.9 Å². The van der Waals surface area contributed by atoms with Gasteiger partial charge in [0.2, 0.25) is 0 Å². The van der Waals surface area contributed by atoms with Gasteiger partial charge in [0, 0.05) is 6.54 Å². The van der Waals surface area contributed by atoms with Gasteiger partial charge in [-0.25, -0.2) is 4.79 Å². The van der Waals surface area contributed by atoms with Crippen LogP contribution in [0.2, 0.25) is 0 Å². The number of alkyl carbamates (subject to hydrolysis) is 1. The zero-order valence-corrected chi connectivity index (χ0v) is 10.5. The summed E-state index contributed by atoms with van der Waals surface area (Å²) in [4.78, 5) is 11.4. The van der Waals surface area contributed by atoms with E-state index in [1.54, 1.807) is 0 Å². The highest BCUT2D eigenvalue weighted by Crippen LogP contribution is 2.06. The maximum absolute atomic E-state index is 11.4. The average molecular weight is 235 g/mol. The van der Waals surface area contributed by atoms with Crippen molar-refractivity contribution in [1.29, 1.82) is 0 Å². The van der Waals surface area contributed by atoms with Crippen LogP contribution in [0.4, 0.5) is 4.79 Å². The van der Waals surface area contributed by atoms with Gasteiger partial charge >= 0.3 is 13.6 Å². The van der Waals surface area contributed by atoms with Crippen LogP contribution in [-0.2, 0) is 11.3 Å². The first-order chi connectivity index (χ1) is 7.90. The van der Waals surface area contributed by atoms with Crippen LogP contribution in [0.5, 0.6) is 0 Å². The number of hydrogen-bond donors (Lipinski definition) is 2. The highest BCUT2D eigenvalue weighted by molar-refractivity contribution is 6.45. The zero-order chi connectivity index (χ0) is 12.9. The summed E-state index contributed by atoms with van der Waals surface area (Å²) in [6.45, 7) is 5.85. The van der Waals surface area contributed by atoms with Crippen molar-refractivity contribution < 1.29 is 14.6 Å². The molecular weight excluding hydrogens is 217 g/mol. The molecule has 0 fully saturated rings. The fourth-order valence-electron chi connectivity index (χ4n) is 1.33. The molecule has 0 unspecified atom stereocenters. The van der Waals surface area contributed by atoms with Gasteiger partial charge in [-0.05, 0) is 26.3 Å². The van der Waals surface area contributed by atoms with Gasteiger partial charge in [-0.15, -0.1) is 0 Å². The first kappa shape index (κ1) is 13.6. The van der Waals surface area contributed by atoms with Crippen LogP contribution >= 0.6 is 0 Å². The molecule has 0 aromatic heterocycles. The molecule has 0 heterocycles. The molecule has 0 aliphatic heterocycles. The Morgan fingerprint density at radius 3 is 2.76 bits per heavy atom. The van der Waals surface area contributed by atoms with Crippen LogP contribution in [0, 0.1) is 0 Å². The van der Waals surface area contributed by atoms with E-state index < -0.39 is 11.7 Å². The van der Waals surface area contributed by atoms with E-state index in [4.69, 9.17) is 9.76 Å². The Hall–Kier alpha value is -1.49. The predicted octanol–water partition coefficient (Wildman–Crippen LogP) is 0.680. The molecule has 0 radical (unpaired) electrons. The first-order valence-corrected chi connectivity index (χ1v) is 5.56. The zero-order valence-electron chi connectivity index (χ0n) is 10.5. The third-order valence-electron chi connectivity index (χ3n) is 2.01. The molecule has 0 aliphatic carbocycles. The van der Waals surface area contributed by atoms with Gasteiger partial charge < -0.3 is 15.1 Å². The van der Waals surface area contributed by atoms with Gasteiger partial charge in [0.05, 0.1) is 0 Å². The Labute approximate surface area is 102 Å². The minimum atomic E-state index is -0.489. The quantitative estimate of drug-likeness (QED) is 0.757. The Kier molecular flexibility index (Phi) is 4.58. The summed E-state index contributed by atoms with van der Waals surface area (Å²) in [6.07, 6.45) is -0.438. The largest absolute Gasteiger partial charge is 0.449 e. The number of ether oxygens (including phenoxy) is 1. The summed E-state index contributed by atoms with van der Waals surface area (Å²) >= 11 is 0. The maximum Gasteiger partial charge on any atom is 0.407 e. The lowest BCUT2D eigenvalue weighted by Crippen LogP contribution is -2.32. The average Bonchev–Trinajstić information content (AvgIpc) is 2.24. The van der Waals surface area contributed by atoms with Gasteiger partial charge in [0.15, 0.2) is 0 Å². The number of benzene rings is 1. The van der Waals surface area contributed by atoms with Crippen molar-refractivity contribution in [2.24, 2.45) is 0 Å². The van der Waals surface area contributed by atoms with E-state index in [9.17, 15) is 4.79 Å². The summed E-state index contributed by atoms with van der Waals surface area (Å²) in [6, 6.07) is 7.41. The van der Waals surface area contributed by atoms with Crippen LogP contribution in [0.1, 0.15) is 26.3 Å². The molecule has 1 rings (SSSR count). The van der Waals surface area contributed by atoms with Gasteiger partial charge in [-0.3, -0.25) is 0 Å². The van der Waals surface area contributed by atoms with E-state index in [0.717, 1.165) is 11.0 Å². The Morgan fingerprint density at radius 1 is 1.47 bits per heavy atom. The second kappa shape index (κ2) is 5.73. The fourth-order valence-corrected chi connectivity index (χ4v) is 1.33. The minimum absolute atomic E-state index is 0.000275. The number of hydrogen-bond acceptors (Lipinski definition) is 3. The highest BCUT2D eigenvalue weighted by Gasteiger charge is 2.15. The molecule has 0 saturated carbocycles. The number of amides is 1. The lowest BCUT2D eigenvalue weighted by atomic mass is 9.88. The topological polar surface area (TPSA) is 58.6 Å². The molecule has 92 valence electrons. The first-order valence-electron chi connectivity index (χ1n) is 5.56. The van der Waals surface area contributed by atoms with E-state index >= 15 is 0 Å². The van der Waals surface area contributed by atoms with Gasteiger partial charge in [-0.2, -0.15) is 0 Å².